The Labute approximate surface area is 218 Å². The van der Waals surface area contributed by atoms with Crippen molar-refractivity contribution in [3.05, 3.63) is 0 Å². The molecule has 1 heterocycles. The van der Waals surface area contributed by atoms with E-state index < -0.39 is 10.4 Å². The van der Waals surface area contributed by atoms with Gasteiger partial charge in [-0.1, -0.05) is 123 Å². The van der Waals surface area contributed by atoms with E-state index in [9.17, 15) is 13.0 Å². The number of nitrogens with zero attached hydrogens (tertiary/aromatic N) is 1. The molecular weight excluding hydrogens is 460 g/mol. The molecule has 1 rings (SSSR count). The average molecular weight is 519 g/mol. The van der Waals surface area contributed by atoms with Crippen LogP contribution in [-0.4, -0.2) is 50.1 Å². The van der Waals surface area contributed by atoms with Gasteiger partial charge in [0, 0.05) is 6.42 Å². The highest BCUT2D eigenvalue weighted by molar-refractivity contribution is 7.80. The van der Waals surface area contributed by atoms with Crippen LogP contribution in [0.5, 0.6) is 0 Å². The Bertz CT molecular complexity index is 560. The van der Waals surface area contributed by atoms with Crippen molar-refractivity contribution in [1.82, 2.24) is 5.32 Å². The van der Waals surface area contributed by atoms with Crippen molar-refractivity contribution in [2.45, 2.75) is 149 Å². The van der Waals surface area contributed by atoms with Gasteiger partial charge < -0.3 is 4.55 Å². The number of nitrogens with one attached hydrogen (secondary N) is 1. The van der Waals surface area contributed by atoms with Crippen LogP contribution >= 0.6 is 0 Å². The van der Waals surface area contributed by atoms with Crippen LogP contribution in [0.4, 0.5) is 0 Å². The van der Waals surface area contributed by atoms with Crippen molar-refractivity contribution in [3.63, 3.8) is 0 Å². The molecule has 0 bridgehead atoms. The first kappa shape index (κ1) is 34.3. The van der Waals surface area contributed by atoms with Gasteiger partial charge in [0.05, 0.1) is 13.7 Å². The van der Waals surface area contributed by atoms with Gasteiger partial charge in [-0.25, -0.2) is 8.42 Å². The van der Waals surface area contributed by atoms with Gasteiger partial charge in [0.1, 0.15) is 13.1 Å². The molecule has 210 valence electrons. The molecule has 0 unspecified atom stereocenters. The number of amidine groups is 1. The lowest BCUT2D eigenvalue weighted by Crippen LogP contribution is -2.23. The molecule has 0 aromatic heterocycles. The standard InChI is InChI=1S/C27H54N2.CH4O4S/c1-3-5-7-9-11-13-15-17-19-21-23-27-28-24-26-29(27)25-22-20-18-16-14-12-10-8-6-4-2;1-5-6(2,3)4/h3-26H2,1-2H3;1H3,(H,2,3,4). The van der Waals surface area contributed by atoms with E-state index in [0.717, 1.165) is 7.11 Å². The summed E-state index contributed by atoms with van der Waals surface area (Å²) < 4.78 is 33.7. The highest BCUT2D eigenvalue weighted by Gasteiger charge is 2.19. The SMILES string of the molecule is CCCCCCCCCCCCC1=[N+](CCCCCCCCCCCC)CCN1.COS(=O)(=O)[O-]. The van der Waals surface area contributed by atoms with Crippen LogP contribution < -0.4 is 5.32 Å². The molecule has 1 aliphatic rings. The zero-order chi connectivity index (χ0) is 26.0. The van der Waals surface area contributed by atoms with Crippen molar-refractivity contribution < 1.29 is 21.7 Å². The van der Waals surface area contributed by atoms with E-state index in [0.29, 0.717) is 0 Å². The maximum atomic E-state index is 9.22. The van der Waals surface area contributed by atoms with Crippen molar-refractivity contribution in [1.29, 1.82) is 0 Å². The minimum atomic E-state index is -4.41. The molecule has 6 nitrogen and oxygen atoms in total. The van der Waals surface area contributed by atoms with Gasteiger partial charge in [-0.2, -0.15) is 0 Å². The Balaban J connectivity index is 0.00000170. The van der Waals surface area contributed by atoms with E-state index in [4.69, 9.17) is 0 Å². The Morgan fingerprint density at radius 1 is 0.714 bits per heavy atom. The third-order valence-electron chi connectivity index (χ3n) is 6.85. The summed E-state index contributed by atoms with van der Waals surface area (Å²) >= 11 is 0. The first-order chi connectivity index (χ1) is 16.9. The largest absolute Gasteiger partial charge is 0.726 e. The molecule has 35 heavy (non-hydrogen) atoms. The van der Waals surface area contributed by atoms with E-state index in [-0.39, 0.29) is 0 Å². The third kappa shape index (κ3) is 24.8. The molecule has 1 N–H and O–H groups in total. The Kier molecular flexibility index (Phi) is 24.5. The lowest BCUT2D eigenvalue weighted by atomic mass is 10.1. The quantitative estimate of drug-likeness (QED) is 0.0663. The molecular formula is C28H58N2O4S. The van der Waals surface area contributed by atoms with Gasteiger partial charge in [-0.3, -0.25) is 14.1 Å². The van der Waals surface area contributed by atoms with Crippen molar-refractivity contribution in [2.75, 3.05) is 26.7 Å². The Morgan fingerprint density at radius 2 is 1.09 bits per heavy atom. The predicted octanol–water partition coefficient (Wildman–Crippen LogP) is 7.33. The summed E-state index contributed by atoms with van der Waals surface area (Å²) in [6.07, 6.45) is 30.0. The summed E-state index contributed by atoms with van der Waals surface area (Å²) in [5, 5.41) is 3.67. The highest BCUT2D eigenvalue weighted by Crippen LogP contribution is 2.13. The normalized spacial score (nSPS) is 13.6. The first-order valence-electron chi connectivity index (χ1n) is 14.8. The summed E-state index contributed by atoms with van der Waals surface area (Å²) in [7, 11) is -3.60. The number of hydrogen-bond donors (Lipinski definition) is 1. The lowest BCUT2D eigenvalue weighted by Gasteiger charge is -2.06. The van der Waals surface area contributed by atoms with Gasteiger partial charge in [0.2, 0.25) is 16.2 Å². The van der Waals surface area contributed by atoms with E-state index in [1.54, 1.807) is 5.84 Å². The molecule has 0 spiro atoms. The fourth-order valence-electron chi connectivity index (χ4n) is 4.65. The van der Waals surface area contributed by atoms with Crippen LogP contribution in [0.25, 0.3) is 0 Å². The van der Waals surface area contributed by atoms with Crippen LogP contribution in [0.3, 0.4) is 0 Å². The van der Waals surface area contributed by atoms with E-state index in [1.165, 1.54) is 154 Å². The summed E-state index contributed by atoms with van der Waals surface area (Å²) in [6.45, 7) is 8.30. The van der Waals surface area contributed by atoms with Crippen molar-refractivity contribution in [2.24, 2.45) is 0 Å². The summed E-state index contributed by atoms with van der Waals surface area (Å²) in [6, 6.07) is 0. The van der Waals surface area contributed by atoms with E-state index in [2.05, 4.69) is 27.9 Å². The number of hydrogen-bond acceptors (Lipinski definition) is 5. The Morgan fingerprint density at radius 3 is 1.49 bits per heavy atom. The molecule has 1 aliphatic heterocycles. The van der Waals surface area contributed by atoms with E-state index >= 15 is 0 Å². The third-order valence-corrected chi connectivity index (χ3v) is 7.25. The van der Waals surface area contributed by atoms with Gasteiger partial charge >= 0.3 is 0 Å². The highest BCUT2D eigenvalue weighted by atomic mass is 32.3. The summed E-state index contributed by atoms with van der Waals surface area (Å²) in [5.41, 5.74) is 0. The topological polar surface area (TPSA) is 81.5 Å². The van der Waals surface area contributed by atoms with Gasteiger partial charge in [0.15, 0.2) is 0 Å². The molecule has 0 aliphatic carbocycles. The first-order valence-corrected chi connectivity index (χ1v) is 16.1. The average Bonchev–Trinajstić information content (AvgIpc) is 3.28. The maximum Gasteiger partial charge on any atom is 0.244 e. The van der Waals surface area contributed by atoms with Crippen LogP contribution in [0.1, 0.15) is 149 Å². The maximum absolute atomic E-state index is 9.22. The molecule has 0 aromatic rings. The van der Waals surface area contributed by atoms with Crippen LogP contribution in [0, 0.1) is 0 Å². The number of rotatable bonds is 23. The lowest BCUT2D eigenvalue weighted by molar-refractivity contribution is -0.519. The van der Waals surface area contributed by atoms with Crippen LogP contribution in [0.15, 0.2) is 0 Å². The monoisotopic (exact) mass is 518 g/mol. The molecule has 7 heteroatoms. The van der Waals surface area contributed by atoms with Gasteiger partial charge in [0.25, 0.3) is 0 Å². The summed E-state index contributed by atoms with van der Waals surface area (Å²) in [4.78, 5) is 0. The molecule has 0 radical (unpaired) electrons. The predicted molar refractivity (Wildman–Crippen MR) is 148 cm³/mol. The molecule has 0 atom stereocenters. The fraction of sp³-hybridized carbons (Fsp3) is 0.964. The second-order valence-corrected chi connectivity index (χ2v) is 11.2. The molecule has 0 saturated carbocycles. The number of unbranched alkanes of at least 4 members (excludes halogenated alkanes) is 18. The van der Waals surface area contributed by atoms with Crippen LogP contribution in [0.2, 0.25) is 0 Å². The molecule has 0 aromatic carbocycles. The molecule has 0 amide bonds. The van der Waals surface area contributed by atoms with E-state index in [1.807, 2.05) is 0 Å². The minimum Gasteiger partial charge on any atom is -0.726 e. The molecule has 0 saturated heterocycles. The zero-order valence-electron chi connectivity index (χ0n) is 23.5. The van der Waals surface area contributed by atoms with Crippen LogP contribution in [-0.2, 0) is 14.6 Å². The second-order valence-electron chi connectivity index (χ2n) is 10.0. The smallest absolute Gasteiger partial charge is 0.244 e. The van der Waals surface area contributed by atoms with Crippen molar-refractivity contribution >= 4 is 16.2 Å². The summed E-state index contributed by atoms with van der Waals surface area (Å²) in [5.74, 6) is 1.56. The fourth-order valence-corrected chi connectivity index (χ4v) is 4.65. The van der Waals surface area contributed by atoms with Gasteiger partial charge in [-0.15, -0.1) is 0 Å². The van der Waals surface area contributed by atoms with Gasteiger partial charge in [-0.05, 0) is 19.3 Å². The Hall–Kier alpha value is -0.660. The minimum absolute atomic E-state index is 0.808. The van der Waals surface area contributed by atoms with Crippen molar-refractivity contribution in [3.8, 4) is 0 Å². The molecule has 0 fully saturated rings. The zero-order valence-corrected chi connectivity index (χ0v) is 24.3. The second kappa shape index (κ2) is 25.0.